The van der Waals surface area contributed by atoms with Gasteiger partial charge in [0.2, 0.25) is 0 Å². The molecule has 1 atom stereocenters. The molecule has 0 fully saturated rings. The SMILES string of the molecule is CNC(=S)OCC1(C)Cc2ccccc2CN1C. The van der Waals surface area contributed by atoms with Crippen molar-refractivity contribution in [3.05, 3.63) is 35.4 Å². The highest BCUT2D eigenvalue weighted by molar-refractivity contribution is 7.80. The molecule has 1 N–H and O–H groups in total. The van der Waals surface area contributed by atoms with Crippen molar-refractivity contribution in [2.75, 3.05) is 20.7 Å². The summed E-state index contributed by atoms with van der Waals surface area (Å²) in [5.41, 5.74) is 2.82. The van der Waals surface area contributed by atoms with Crippen molar-refractivity contribution in [3.63, 3.8) is 0 Å². The molecule has 3 nitrogen and oxygen atoms in total. The first-order valence-electron chi connectivity index (χ1n) is 6.18. The maximum atomic E-state index is 5.60. The normalized spacial score (nSPS) is 23.3. The van der Waals surface area contributed by atoms with Crippen LogP contribution in [0.4, 0.5) is 0 Å². The summed E-state index contributed by atoms with van der Waals surface area (Å²) in [6, 6.07) is 8.60. The second-order valence-corrected chi connectivity index (χ2v) is 5.50. The van der Waals surface area contributed by atoms with Gasteiger partial charge in [-0.05, 0) is 43.7 Å². The van der Waals surface area contributed by atoms with Crippen molar-refractivity contribution in [3.8, 4) is 0 Å². The molecule has 0 aliphatic carbocycles. The average molecular weight is 264 g/mol. The number of nitrogens with zero attached hydrogens (tertiary/aromatic N) is 1. The minimum Gasteiger partial charge on any atom is -0.469 e. The van der Waals surface area contributed by atoms with Gasteiger partial charge in [0.15, 0.2) is 0 Å². The number of nitrogens with one attached hydrogen (secondary N) is 1. The summed E-state index contributed by atoms with van der Waals surface area (Å²) >= 11 is 5.04. The van der Waals surface area contributed by atoms with E-state index in [2.05, 4.69) is 48.5 Å². The van der Waals surface area contributed by atoms with Gasteiger partial charge in [-0.2, -0.15) is 0 Å². The molecule has 1 aliphatic rings. The molecule has 0 radical (unpaired) electrons. The Kier molecular flexibility index (Phi) is 3.88. The number of hydrogen-bond donors (Lipinski definition) is 1. The van der Waals surface area contributed by atoms with Crippen LogP contribution in [0.1, 0.15) is 18.1 Å². The Hall–Kier alpha value is -1.13. The predicted molar refractivity (Wildman–Crippen MR) is 77.6 cm³/mol. The van der Waals surface area contributed by atoms with Crippen LogP contribution in [0.15, 0.2) is 24.3 Å². The number of rotatable bonds is 2. The van der Waals surface area contributed by atoms with Gasteiger partial charge in [-0.3, -0.25) is 4.90 Å². The monoisotopic (exact) mass is 264 g/mol. The highest BCUT2D eigenvalue weighted by atomic mass is 32.1. The molecule has 1 heterocycles. The van der Waals surface area contributed by atoms with Gasteiger partial charge in [0, 0.05) is 13.6 Å². The van der Waals surface area contributed by atoms with Crippen molar-refractivity contribution in [2.24, 2.45) is 0 Å². The number of thiocarbonyl (C=S) groups is 1. The third-order valence-corrected chi connectivity index (χ3v) is 4.06. The lowest BCUT2D eigenvalue weighted by Gasteiger charge is -2.43. The minimum absolute atomic E-state index is 0.00470. The predicted octanol–water partition coefficient (Wildman–Crippen LogP) is 1.95. The molecule has 0 aromatic heterocycles. The Morgan fingerprint density at radius 1 is 1.44 bits per heavy atom. The van der Waals surface area contributed by atoms with Gasteiger partial charge in [0.05, 0.1) is 5.54 Å². The van der Waals surface area contributed by atoms with Crippen LogP contribution in [-0.2, 0) is 17.7 Å². The van der Waals surface area contributed by atoms with Crippen LogP contribution in [0.3, 0.4) is 0 Å². The summed E-state index contributed by atoms with van der Waals surface area (Å²) < 4.78 is 5.60. The van der Waals surface area contributed by atoms with E-state index in [1.807, 2.05) is 0 Å². The molecule has 0 amide bonds. The number of fused-ring (bicyclic) bond motifs is 1. The Labute approximate surface area is 114 Å². The first kappa shape index (κ1) is 13.3. The molecule has 18 heavy (non-hydrogen) atoms. The van der Waals surface area contributed by atoms with Gasteiger partial charge in [-0.1, -0.05) is 24.3 Å². The first-order valence-corrected chi connectivity index (χ1v) is 6.58. The molecule has 0 bridgehead atoms. The second kappa shape index (κ2) is 5.24. The summed E-state index contributed by atoms with van der Waals surface area (Å²) in [7, 11) is 3.92. The summed E-state index contributed by atoms with van der Waals surface area (Å²) in [5.74, 6) is 0. The van der Waals surface area contributed by atoms with Crippen LogP contribution in [-0.4, -0.2) is 36.3 Å². The van der Waals surface area contributed by atoms with E-state index < -0.39 is 0 Å². The summed E-state index contributed by atoms with van der Waals surface area (Å²) in [6.45, 7) is 3.79. The van der Waals surface area contributed by atoms with Gasteiger partial charge in [0.1, 0.15) is 6.61 Å². The maximum Gasteiger partial charge on any atom is 0.256 e. The van der Waals surface area contributed by atoms with Gasteiger partial charge < -0.3 is 10.1 Å². The van der Waals surface area contributed by atoms with E-state index in [1.54, 1.807) is 7.05 Å². The molecule has 2 rings (SSSR count). The fourth-order valence-corrected chi connectivity index (χ4v) is 2.39. The van der Waals surface area contributed by atoms with Gasteiger partial charge in [-0.25, -0.2) is 0 Å². The Bertz CT molecular complexity index is 449. The lowest BCUT2D eigenvalue weighted by molar-refractivity contribution is 0.0542. The van der Waals surface area contributed by atoms with E-state index in [1.165, 1.54) is 11.1 Å². The zero-order chi connectivity index (χ0) is 13.2. The third-order valence-electron chi connectivity index (χ3n) is 3.74. The quantitative estimate of drug-likeness (QED) is 0.825. The van der Waals surface area contributed by atoms with Gasteiger partial charge in [-0.15, -0.1) is 0 Å². The molecule has 98 valence electrons. The fraction of sp³-hybridized carbons (Fsp3) is 0.500. The van der Waals surface area contributed by atoms with E-state index in [0.717, 1.165) is 13.0 Å². The van der Waals surface area contributed by atoms with Crippen LogP contribution in [0.2, 0.25) is 0 Å². The Balaban J connectivity index is 2.12. The Morgan fingerprint density at radius 3 is 2.78 bits per heavy atom. The van der Waals surface area contributed by atoms with Crippen molar-refractivity contribution in [2.45, 2.75) is 25.4 Å². The van der Waals surface area contributed by atoms with Crippen LogP contribution in [0.5, 0.6) is 0 Å². The van der Waals surface area contributed by atoms with E-state index >= 15 is 0 Å². The number of hydrogen-bond acceptors (Lipinski definition) is 3. The van der Waals surface area contributed by atoms with Crippen molar-refractivity contribution >= 4 is 17.4 Å². The number of likely N-dealkylation sites (N-methyl/N-ethyl adjacent to an activating group) is 1. The molecule has 0 spiro atoms. The van der Waals surface area contributed by atoms with Crippen LogP contribution >= 0.6 is 12.2 Å². The molecule has 1 aromatic rings. The topological polar surface area (TPSA) is 24.5 Å². The summed E-state index contributed by atoms with van der Waals surface area (Å²) in [5, 5.41) is 3.31. The van der Waals surface area contributed by atoms with E-state index in [-0.39, 0.29) is 5.54 Å². The lowest BCUT2D eigenvalue weighted by Crippen LogP contribution is -2.52. The fourth-order valence-electron chi connectivity index (χ4n) is 2.33. The van der Waals surface area contributed by atoms with Crippen LogP contribution < -0.4 is 5.32 Å². The minimum atomic E-state index is -0.00470. The molecular weight excluding hydrogens is 244 g/mol. The lowest BCUT2D eigenvalue weighted by atomic mass is 9.85. The summed E-state index contributed by atoms with van der Waals surface area (Å²) in [4.78, 5) is 2.34. The highest BCUT2D eigenvalue weighted by Gasteiger charge is 2.35. The molecule has 1 aliphatic heterocycles. The maximum absolute atomic E-state index is 5.60. The largest absolute Gasteiger partial charge is 0.469 e. The standard InChI is InChI=1S/C14H20N2OS/c1-14(10-17-13(18)15-2)8-11-6-4-5-7-12(11)9-16(14)3/h4-7H,8-10H2,1-3H3,(H,15,18). The van der Waals surface area contributed by atoms with E-state index in [4.69, 9.17) is 17.0 Å². The molecule has 0 saturated carbocycles. The van der Waals surface area contributed by atoms with E-state index in [9.17, 15) is 0 Å². The molecular formula is C14H20N2OS. The molecule has 4 heteroatoms. The smallest absolute Gasteiger partial charge is 0.256 e. The zero-order valence-corrected chi connectivity index (χ0v) is 12.0. The zero-order valence-electron chi connectivity index (χ0n) is 11.2. The van der Waals surface area contributed by atoms with Crippen LogP contribution in [0, 0.1) is 0 Å². The van der Waals surface area contributed by atoms with E-state index in [0.29, 0.717) is 11.8 Å². The first-order chi connectivity index (χ1) is 8.55. The molecule has 0 saturated heterocycles. The van der Waals surface area contributed by atoms with Gasteiger partial charge >= 0.3 is 0 Å². The molecule has 1 aromatic carbocycles. The highest BCUT2D eigenvalue weighted by Crippen LogP contribution is 2.29. The third kappa shape index (κ3) is 2.65. The second-order valence-electron chi connectivity index (χ2n) is 5.12. The van der Waals surface area contributed by atoms with Crippen molar-refractivity contribution < 1.29 is 4.74 Å². The van der Waals surface area contributed by atoms with Crippen molar-refractivity contribution in [1.29, 1.82) is 0 Å². The van der Waals surface area contributed by atoms with Crippen LogP contribution in [0.25, 0.3) is 0 Å². The Morgan fingerprint density at radius 2 is 2.11 bits per heavy atom. The average Bonchev–Trinajstić information content (AvgIpc) is 2.37. The molecule has 1 unspecified atom stereocenters. The van der Waals surface area contributed by atoms with Gasteiger partial charge in [0.25, 0.3) is 5.17 Å². The van der Waals surface area contributed by atoms with Crippen molar-refractivity contribution in [1.82, 2.24) is 10.2 Å². The number of ether oxygens (including phenoxy) is 1. The number of benzene rings is 1. The summed E-state index contributed by atoms with van der Waals surface area (Å²) in [6.07, 6.45) is 0.992.